The van der Waals surface area contributed by atoms with Gasteiger partial charge in [-0.2, -0.15) is 0 Å². The lowest BCUT2D eigenvalue weighted by Crippen LogP contribution is -2.32. The number of amides is 2. The molecule has 1 unspecified atom stereocenters. The number of benzene rings is 2. The van der Waals surface area contributed by atoms with Crippen molar-refractivity contribution in [3.05, 3.63) is 87.9 Å². The van der Waals surface area contributed by atoms with E-state index in [1.807, 2.05) is 17.5 Å². The molecule has 7 nitrogen and oxygen atoms in total. The lowest BCUT2D eigenvalue weighted by Gasteiger charge is -2.16. The molecule has 0 saturated heterocycles. The van der Waals surface area contributed by atoms with Crippen LogP contribution in [0.4, 0.5) is 4.39 Å². The summed E-state index contributed by atoms with van der Waals surface area (Å²) in [5.41, 5.74) is 1.10. The zero-order valence-corrected chi connectivity index (χ0v) is 19.5. The molecule has 3 aromatic rings. The predicted octanol–water partition coefficient (Wildman–Crippen LogP) is 3.25. The quantitative estimate of drug-likeness (QED) is 0.407. The normalized spacial score (nSPS) is 12.2. The highest BCUT2D eigenvalue weighted by atomic mass is 32.2. The van der Waals surface area contributed by atoms with Gasteiger partial charge in [0, 0.05) is 24.9 Å². The largest absolute Gasteiger partial charge is 0.352 e. The summed E-state index contributed by atoms with van der Waals surface area (Å²) in [6.07, 6.45) is 0.0628. The van der Waals surface area contributed by atoms with Crippen LogP contribution in [0.2, 0.25) is 0 Å². The second-order valence-corrected chi connectivity index (χ2v) is 10.1. The zero-order chi connectivity index (χ0) is 23.8. The molecule has 3 rings (SSSR count). The highest BCUT2D eigenvalue weighted by molar-refractivity contribution is 7.89. The number of nitrogens with one attached hydrogen (secondary N) is 3. The molecule has 0 aliphatic carbocycles. The van der Waals surface area contributed by atoms with Crippen molar-refractivity contribution in [2.24, 2.45) is 0 Å². The van der Waals surface area contributed by atoms with Gasteiger partial charge in [0.2, 0.25) is 21.8 Å². The molecule has 0 aliphatic heterocycles. The Balaban J connectivity index is 1.59. The minimum atomic E-state index is -3.83. The van der Waals surface area contributed by atoms with E-state index < -0.39 is 21.9 Å². The molecule has 0 spiro atoms. The van der Waals surface area contributed by atoms with Crippen molar-refractivity contribution in [1.29, 1.82) is 0 Å². The average Bonchev–Trinajstić information content (AvgIpc) is 3.31. The van der Waals surface area contributed by atoms with Gasteiger partial charge in [-0.15, -0.1) is 11.3 Å². The molecule has 0 fully saturated rings. The third kappa shape index (κ3) is 7.48. The van der Waals surface area contributed by atoms with Crippen LogP contribution in [0.3, 0.4) is 0 Å². The van der Waals surface area contributed by atoms with Gasteiger partial charge in [-0.05, 0) is 46.8 Å². The Kier molecular flexibility index (Phi) is 8.32. The molecule has 0 aliphatic rings. The summed E-state index contributed by atoms with van der Waals surface area (Å²) in [7, 11) is -3.83. The van der Waals surface area contributed by atoms with Gasteiger partial charge in [-0.3, -0.25) is 9.59 Å². The number of rotatable bonds is 10. The summed E-state index contributed by atoms with van der Waals surface area (Å²) in [5, 5.41) is 7.41. The van der Waals surface area contributed by atoms with Crippen LogP contribution >= 0.6 is 11.3 Å². The van der Waals surface area contributed by atoms with E-state index in [2.05, 4.69) is 15.4 Å². The van der Waals surface area contributed by atoms with Gasteiger partial charge in [0.15, 0.2) is 0 Å². The summed E-state index contributed by atoms with van der Waals surface area (Å²) in [5.74, 6) is -0.950. The summed E-state index contributed by atoms with van der Waals surface area (Å²) in [6.45, 7) is 1.48. The smallest absolute Gasteiger partial charge is 0.240 e. The number of sulfonamides is 1. The van der Waals surface area contributed by atoms with Crippen LogP contribution in [-0.4, -0.2) is 20.2 Å². The number of hydrogen-bond donors (Lipinski definition) is 3. The molecule has 1 heterocycles. The molecule has 0 radical (unpaired) electrons. The number of carbonyl (C=O) groups excluding carboxylic acids is 2. The van der Waals surface area contributed by atoms with E-state index in [-0.39, 0.29) is 36.2 Å². The number of halogens is 1. The highest BCUT2D eigenvalue weighted by Crippen LogP contribution is 2.22. The Labute approximate surface area is 196 Å². The maximum atomic E-state index is 13.3. The number of carbonyl (C=O) groups is 2. The highest BCUT2D eigenvalue weighted by Gasteiger charge is 2.18. The fourth-order valence-corrected chi connectivity index (χ4v) is 5.01. The summed E-state index contributed by atoms with van der Waals surface area (Å²) >= 11 is 1.45. The van der Waals surface area contributed by atoms with Crippen molar-refractivity contribution in [1.82, 2.24) is 15.4 Å². The molecule has 0 bridgehead atoms. The maximum Gasteiger partial charge on any atom is 0.240 e. The van der Waals surface area contributed by atoms with Gasteiger partial charge in [0.05, 0.1) is 17.4 Å². The molecule has 2 aromatic carbocycles. The third-order valence-corrected chi connectivity index (χ3v) is 7.09. The maximum absolute atomic E-state index is 13.3. The summed E-state index contributed by atoms with van der Waals surface area (Å²) < 4.78 is 41.0. The Morgan fingerprint density at radius 1 is 1.00 bits per heavy atom. The van der Waals surface area contributed by atoms with Crippen LogP contribution in [-0.2, 0) is 32.7 Å². The SMILES string of the molecule is CC(=O)NC(CC(=O)NCc1cccc(S(=O)(=O)NCc2cccc(F)c2)c1)c1cccs1. The first-order valence-corrected chi connectivity index (χ1v) is 12.5. The summed E-state index contributed by atoms with van der Waals surface area (Å²) in [4.78, 5) is 24.9. The molecular weight excluding hydrogens is 465 g/mol. The fraction of sp³-hybridized carbons (Fsp3) is 0.217. The van der Waals surface area contributed by atoms with Gasteiger partial charge in [0.1, 0.15) is 5.82 Å². The van der Waals surface area contributed by atoms with E-state index in [0.29, 0.717) is 11.1 Å². The minimum absolute atomic E-state index is 0.0420. The van der Waals surface area contributed by atoms with Crippen LogP contribution in [0.15, 0.2) is 70.9 Å². The van der Waals surface area contributed by atoms with Gasteiger partial charge < -0.3 is 10.6 Å². The van der Waals surface area contributed by atoms with Gasteiger partial charge in [-0.25, -0.2) is 17.5 Å². The molecule has 1 aromatic heterocycles. The van der Waals surface area contributed by atoms with Gasteiger partial charge in [0.25, 0.3) is 0 Å². The van der Waals surface area contributed by atoms with E-state index in [1.165, 1.54) is 48.6 Å². The molecule has 174 valence electrons. The Morgan fingerprint density at radius 3 is 2.39 bits per heavy atom. The van der Waals surface area contributed by atoms with Crippen LogP contribution < -0.4 is 15.4 Å². The van der Waals surface area contributed by atoms with Crippen molar-refractivity contribution in [3.8, 4) is 0 Å². The Bertz CT molecular complexity index is 1210. The van der Waals surface area contributed by atoms with E-state index in [4.69, 9.17) is 0 Å². The van der Waals surface area contributed by atoms with Crippen LogP contribution in [0.5, 0.6) is 0 Å². The lowest BCUT2D eigenvalue weighted by atomic mass is 10.1. The molecule has 3 N–H and O–H groups in total. The van der Waals surface area contributed by atoms with Gasteiger partial charge in [-0.1, -0.05) is 30.3 Å². The molecule has 0 saturated carbocycles. The first kappa shape index (κ1) is 24.6. The van der Waals surface area contributed by atoms with Crippen LogP contribution in [0.25, 0.3) is 0 Å². The predicted molar refractivity (Wildman–Crippen MR) is 124 cm³/mol. The van der Waals surface area contributed by atoms with E-state index in [0.717, 1.165) is 4.88 Å². The topological polar surface area (TPSA) is 104 Å². The number of hydrogen-bond acceptors (Lipinski definition) is 5. The summed E-state index contributed by atoms with van der Waals surface area (Å²) in [6, 6.07) is 15.2. The lowest BCUT2D eigenvalue weighted by molar-refractivity contribution is -0.122. The van der Waals surface area contributed by atoms with E-state index in [1.54, 1.807) is 18.2 Å². The zero-order valence-electron chi connectivity index (χ0n) is 17.9. The van der Waals surface area contributed by atoms with E-state index >= 15 is 0 Å². The molecule has 2 amide bonds. The first-order valence-electron chi connectivity index (χ1n) is 10.1. The van der Waals surface area contributed by atoms with Crippen molar-refractivity contribution < 1.29 is 22.4 Å². The standard InChI is InChI=1S/C23H24FN3O4S2/c1-16(28)27-21(22-9-4-10-32-22)13-23(29)25-14-18-6-3-8-20(12-18)33(30,31)26-15-17-5-2-7-19(24)11-17/h2-12,21,26H,13-15H2,1H3,(H,25,29)(H,27,28). The fourth-order valence-electron chi connectivity index (χ4n) is 3.15. The monoisotopic (exact) mass is 489 g/mol. The Hall–Kier alpha value is -3.08. The second kappa shape index (κ2) is 11.2. The van der Waals surface area contributed by atoms with E-state index in [9.17, 15) is 22.4 Å². The second-order valence-electron chi connectivity index (χ2n) is 7.35. The van der Waals surface area contributed by atoms with Crippen molar-refractivity contribution in [2.75, 3.05) is 0 Å². The molecule has 33 heavy (non-hydrogen) atoms. The molecule has 10 heteroatoms. The van der Waals surface area contributed by atoms with Crippen molar-refractivity contribution >= 4 is 33.2 Å². The first-order chi connectivity index (χ1) is 15.7. The molecular formula is C23H24FN3O4S2. The van der Waals surface area contributed by atoms with Crippen molar-refractivity contribution in [2.45, 2.75) is 37.4 Å². The third-order valence-electron chi connectivity index (χ3n) is 4.71. The van der Waals surface area contributed by atoms with Crippen LogP contribution in [0.1, 0.15) is 35.4 Å². The number of thiophene rings is 1. The average molecular weight is 490 g/mol. The van der Waals surface area contributed by atoms with Crippen molar-refractivity contribution in [3.63, 3.8) is 0 Å². The van der Waals surface area contributed by atoms with Gasteiger partial charge >= 0.3 is 0 Å². The minimum Gasteiger partial charge on any atom is -0.352 e. The van der Waals surface area contributed by atoms with Crippen LogP contribution in [0, 0.1) is 5.82 Å². The Morgan fingerprint density at radius 2 is 1.73 bits per heavy atom. The molecule has 1 atom stereocenters.